The predicted molar refractivity (Wildman–Crippen MR) is 89.4 cm³/mol. The van der Waals surface area contributed by atoms with Crippen LogP contribution in [-0.2, 0) is 4.79 Å². The lowest BCUT2D eigenvalue weighted by atomic mass is 10.3. The molecule has 120 valence electrons. The minimum atomic E-state index is -0.358. The predicted octanol–water partition coefficient (Wildman–Crippen LogP) is 3.05. The number of para-hydroxylation sites is 1. The summed E-state index contributed by atoms with van der Waals surface area (Å²) in [6, 6.07) is 11.4. The summed E-state index contributed by atoms with van der Waals surface area (Å²) in [5.41, 5.74) is 1.27. The molecule has 0 N–H and O–H groups in total. The fourth-order valence-corrected chi connectivity index (χ4v) is 1.86. The Kier molecular flexibility index (Phi) is 5.86. The molecule has 0 aliphatic carbocycles. The molecule has 23 heavy (non-hydrogen) atoms. The molecule has 2 aromatic rings. The molecule has 1 heterocycles. The Balaban J connectivity index is 2.42. The first-order valence-electron chi connectivity index (χ1n) is 7.64. The minimum Gasteiger partial charge on any atom is -0.478 e. The highest BCUT2D eigenvalue weighted by molar-refractivity contribution is 5.92. The number of benzene rings is 1. The van der Waals surface area contributed by atoms with E-state index >= 15 is 0 Å². The average molecular weight is 311 g/mol. The van der Waals surface area contributed by atoms with Crippen LogP contribution in [0.15, 0.2) is 59.7 Å². The Labute approximate surface area is 136 Å². The van der Waals surface area contributed by atoms with Gasteiger partial charge in [-0.3, -0.25) is 4.79 Å². The van der Waals surface area contributed by atoms with Crippen LogP contribution < -0.4 is 10.1 Å². The van der Waals surface area contributed by atoms with Crippen LogP contribution in [-0.4, -0.2) is 22.3 Å². The molecule has 0 saturated heterocycles. The van der Waals surface area contributed by atoms with Crippen molar-refractivity contribution in [3.05, 3.63) is 60.1 Å². The van der Waals surface area contributed by atoms with Gasteiger partial charge in [0.05, 0.1) is 23.8 Å². The average Bonchev–Trinajstić information content (AvgIpc) is 2.56. The smallest absolute Gasteiger partial charge is 0.272 e. The number of hydrogen-bond acceptors (Lipinski definition) is 3. The first kappa shape index (κ1) is 16.7. The largest absolute Gasteiger partial charge is 0.478 e. The van der Waals surface area contributed by atoms with Gasteiger partial charge >= 0.3 is 0 Å². The van der Waals surface area contributed by atoms with E-state index in [1.165, 1.54) is 0 Å². The van der Waals surface area contributed by atoms with Gasteiger partial charge in [-0.25, -0.2) is 9.67 Å². The van der Waals surface area contributed by atoms with E-state index in [0.29, 0.717) is 23.4 Å². The molecular formula is C18H21N3O2. The van der Waals surface area contributed by atoms with E-state index in [9.17, 15) is 4.79 Å². The van der Waals surface area contributed by atoms with E-state index < -0.39 is 0 Å². The number of rotatable bonds is 6. The summed E-state index contributed by atoms with van der Waals surface area (Å²) >= 11 is 0. The van der Waals surface area contributed by atoms with Crippen molar-refractivity contribution in [3.8, 4) is 11.6 Å². The molecule has 1 aromatic carbocycles. The van der Waals surface area contributed by atoms with Crippen LogP contribution >= 0.6 is 0 Å². The van der Waals surface area contributed by atoms with Crippen molar-refractivity contribution in [2.75, 3.05) is 6.61 Å². The van der Waals surface area contributed by atoms with Crippen LogP contribution in [0.1, 0.15) is 26.7 Å². The molecule has 0 fully saturated rings. The highest BCUT2D eigenvalue weighted by Gasteiger charge is 2.06. The van der Waals surface area contributed by atoms with Crippen molar-refractivity contribution >= 4 is 5.91 Å². The Morgan fingerprint density at radius 1 is 1.35 bits per heavy atom. The number of carbonyl (C=O) groups is 1. The van der Waals surface area contributed by atoms with Gasteiger partial charge in [-0.15, -0.1) is 0 Å². The molecule has 1 aromatic heterocycles. The Hall–Kier alpha value is -2.69. The highest BCUT2D eigenvalue weighted by atomic mass is 16.5. The normalized spacial score (nSPS) is 11.3. The van der Waals surface area contributed by atoms with Crippen LogP contribution in [0, 0.1) is 0 Å². The molecule has 0 atom stereocenters. The molecule has 0 radical (unpaired) electrons. The lowest BCUT2D eigenvalue weighted by molar-refractivity contribution is -0.114. The highest BCUT2D eigenvalue weighted by Crippen LogP contribution is 2.14. The minimum absolute atomic E-state index is 0.358. The molecule has 0 bridgehead atoms. The van der Waals surface area contributed by atoms with Crippen molar-refractivity contribution in [1.82, 2.24) is 9.78 Å². The zero-order valence-corrected chi connectivity index (χ0v) is 13.5. The second kappa shape index (κ2) is 8.08. The van der Waals surface area contributed by atoms with E-state index in [0.717, 1.165) is 18.5 Å². The topological polar surface area (TPSA) is 56.5 Å². The lowest BCUT2D eigenvalue weighted by Gasteiger charge is -2.13. The van der Waals surface area contributed by atoms with E-state index in [2.05, 4.69) is 23.6 Å². The van der Waals surface area contributed by atoms with Crippen molar-refractivity contribution in [2.45, 2.75) is 26.7 Å². The quantitative estimate of drug-likeness (QED) is 0.608. The molecule has 0 unspecified atom stereocenters. The summed E-state index contributed by atoms with van der Waals surface area (Å²) in [7, 11) is 0. The van der Waals surface area contributed by atoms with Crippen LogP contribution in [0.25, 0.3) is 5.69 Å². The van der Waals surface area contributed by atoms with Crippen molar-refractivity contribution in [1.29, 1.82) is 0 Å². The second-order valence-electron chi connectivity index (χ2n) is 5.20. The standard InChI is InChI=1S/C18H21N3O2/c1-4-5-11-23-17-12-15(20-18(22)14(2)3)13-19-21(17)16-9-7-6-8-10-16/h6-10,12-13H,2,4-5,11H2,1,3H3/b20-15+. The number of unbranched alkanes of at least 4 members (excludes halogenated alkanes) is 1. The van der Waals surface area contributed by atoms with E-state index in [1.807, 2.05) is 30.3 Å². The molecule has 0 spiro atoms. The van der Waals surface area contributed by atoms with Gasteiger partial charge in [0, 0.05) is 11.6 Å². The van der Waals surface area contributed by atoms with Crippen LogP contribution in [0.5, 0.6) is 5.88 Å². The van der Waals surface area contributed by atoms with Crippen molar-refractivity contribution in [2.24, 2.45) is 4.99 Å². The van der Waals surface area contributed by atoms with Crippen LogP contribution in [0.4, 0.5) is 0 Å². The number of carbonyl (C=O) groups excluding carboxylic acids is 1. The van der Waals surface area contributed by atoms with Crippen LogP contribution in [0.3, 0.4) is 0 Å². The van der Waals surface area contributed by atoms with Crippen LogP contribution in [0.2, 0.25) is 0 Å². The summed E-state index contributed by atoms with van der Waals surface area (Å²) in [6.07, 6.45) is 3.53. The van der Waals surface area contributed by atoms with Gasteiger partial charge in [0.15, 0.2) is 0 Å². The number of nitrogens with zero attached hydrogens (tertiary/aromatic N) is 3. The monoisotopic (exact) mass is 311 g/mol. The van der Waals surface area contributed by atoms with Gasteiger partial charge in [0.2, 0.25) is 5.88 Å². The molecule has 0 aliphatic heterocycles. The maximum absolute atomic E-state index is 11.7. The third kappa shape index (κ3) is 4.64. The number of ether oxygens (including phenoxy) is 1. The van der Waals surface area contributed by atoms with E-state index in [-0.39, 0.29) is 5.91 Å². The zero-order chi connectivity index (χ0) is 16.7. The SMILES string of the molecule is C=C(C)C(=O)/N=c1/cnn(-c2ccccc2)c(OCCCC)c1. The molecule has 5 nitrogen and oxygen atoms in total. The van der Waals surface area contributed by atoms with E-state index in [1.54, 1.807) is 23.9 Å². The third-order valence-electron chi connectivity index (χ3n) is 3.13. The summed E-state index contributed by atoms with van der Waals surface area (Å²) in [6.45, 7) is 7.92. The number of amides is 1. The first-order valence-corrected chi connectivity index (χ1v) is 7.64. The first-order chi connectivity index (χ1) is 11.1. The van der Waals surface area contributed by atoms with Crippen molar-refractivity contribution < 1.29 is 9.53 Å². The molecule has 1 amide bonds. The summed E-state index contributed by atoms with van der Waals surface area (Å²) in [5.74, 6) is 0.198. The van der Waals surface area contributed by atoms with Gasteiger partial charge in [-0.1, -0.05) is 38.1 Å². The maximum atomic E-state index is 11.7. The zero-order valence-electron chi connectivity index (χ0n) is 13.5. The fourth-order valence-electron chi connectivity index (χ4n) is 1.86. The molecule has 5 heteroatoms. The van der Waals surface area contributed by atoms with Gasteiger partial charge in [-0.05, 0) is 25.5 Å². The molecule has 2 rings (SSSR count). The summed E-state index contributed by atoms with van der Waals surface area (Å²) < 4.78 is 7.52. The molecule has 0 aliphatic rings. The third-order valence-corrected chi connectivity index (χ3v) is 3.13. The van der Waals surface area contributed by atoms with Gasteiger partial charge in [0.25, 0.3) is 5.91 Å². The fraction of sp³-hybridized carbons (Fsp3) is 0.278. The Bertz CT molecular complexity index is 748. The summed E-state index contributed by atoms with van der Waals surface area (Å²) in [4.78, 5) is 15.7. The number of hydrogen-bond donors (Lipinski definition) is 0. The molecule has 0 saturated carbocycles. The number of aromatic nitrogens is 2. The van der Waals surface area contributed by atoms with Crippen molar-refractivity contribution in [3.63, 3.8) is 0 Å². The Morgan fingerprint density at radius 2 is 2.09 bits per heavy atom. The second-order valence-corrected chi connectivity index (χ2v) is 5.20. The maximum Gasteiger partial charge on any atom is 0.272 e. The van der Waals surface area contributed by atoms with E-state index in [4.69, 9.17) is 4.74 Å². The van der Waals surface area contributed by atoms with Gasteiger partial charge < -0.3 is 4.74 Å². The lowest BCUT2D eigenvalue weighted by Crippen LogP contribution is -2.15. The Morgan fingerprint density at radius 3 is 2.74 bits per heavy atom. The summed E-state index contributed by atoms with van der Waals surface area (Å²) in [5, 5.41) is 4.81. The molecular weight excluding hydrogens is 290 g/mol. The van der Waals surface area contributed by atoms with Gasteiger partial charge in [0.1, 0.15) is 0 Å². The van der Waals surface area contributed by atoms with Gasteiger partial charge in [-0.2, -0.15) is 5.10 Å².